The molecule has 3 aliphatic rings. The van der Waals surface area contributed by atoms with Crippen LogP contribution < -0.4 is 0 Å². The summed E-state index contributed by atoms with van der Waals surface area (Å²) in [6.45, 7) is 18.8. The minimum Gasteiger partial charge on any atom is -0.463 e. The molecule has 6 heteroatoms. The number of fused-ring (bicyclic) bond motifs is 8. The molecule has 0 saturated heterocycles. The molecule has 0 amide bonds. The number of aryl methyl sites for hydroxylation is 4. The third kappa shape index (κ3) is 4.54. The van der Waals surface area contributed by atoms with Crippen molar-refractivity contribution < 1.29 is 9.53 Å². The van der Waals surface area contributed by atoms with Gasteiger partial charge >= 0.3 is 0 Å². The largest absolute Gasteiger partial charge is 0.463 e. The molecule has 0 aromatic carbocycles. The van der Waals surface area contributed by atoms with E-state index in [1.54, 1.807) is 0 Å². The van der Waals surface area contributed by atoms with Crippen molar-refractivity contribution in [1.82, 2.24) is 19.9 Å². The first-order chi connectivity index (χ1) is 21.8. The van der Waals surface area contributed by atoms with Crippen LogP contribution in [0.4, 0.5) is 0 Å². The summed E-state index contributed by atoms with van der Waals surface area (Å²) in [5.41, 5.74) is 18.7. The Balaban J connectivity index is 1.85. The van der Waals surface area contributed by atoms with Gasteiger partial charge in [-0.25, -0.2) is 4.98 Å². The molecular formula is C39H48N4O2. The molecule has 0 radical (unpaired) electrons. The molecule has 6 nitrogen and oxygen atoms in total. The summed E-state index contributed by atoms with van der Waals surface area (Å²) < 4.78 is 5.46. The zero-order valence-electron chi connectivity index (χ0n) is 28.3. The molecule has 0 saturated carbocycles. The van der Waals surface area contributed by atoms with Gasteiger partial charge in [0.2, 0.25) is 0 Å². The number of hydrogen-bond donors (Lipinski definition) is 2. The van der Waals surface area contributed by atoms with E-state index >= 15 is 0 Å². The Labute approximate surface area is 267 Å². The summed E-state index contributed by atoms with van der Waals surface area (Å²) in [6, 6.07) is 6.91. The molecule has 8 bridgehead atoms. The van der Waals surface area contributed by atoms with E-state index in [4.69, 9.17) is 14.7 Å². The standard InChI is InChI=1S/C39H48N4O2/c1-9-24-25(10-2)33-18-34-26(11-3)27(12-4)35(41-34)19-36-28(13-5)29(14-6)37(42-36)30-16-23(20-45-21-44)39(15-7)22(8)31(43-38(30)39)17-32(24)40-33/h16-19,21-22,40-41H,9-15,20H2,1-8H3. The first-order valence-corrected chi connectivity index (χ1v) is 17.1. The van der Waals surface area contributed by atoms with Gasteiger partial charge in [-0.05, 0) is 108 Å². The Bertz CT molecular complexity index is 1900. The second-order valence-corrected chi connectivity index (χ2v) is 12.6. The van der Waals surface area contributed by atoms with Crippen LogP contribution in [-0.2, 0) is 40.6 Å². The summed E-state index contributed by atoms with van der Waals surface area (Å²) in [6.07, 6.45) is 8.69. The van der Waals surface area contributed by atoms with E-state index in [0.29, 0.717) is 6.47 Å². The Kier molecular flexibility index (Phi) is 8.36. The molecule has 45 heavy (non-hydrogen) atoms. The van der Waals surface area contributed by atoms with Crippen LogP contribution in [0.25, 0.3) is 39.3 Å². The maximum Gasteiger partial charge on any atom is 0.293 e. The minimum absolute atomic E-state index is 0.110. The molecular weight excluding hydrogens is 556 g/mol. The number of rotatable bonds is 10. The van der Waals surface area contributed by atoms with Crippen molar-refractivity contribution in [3.8, 4) is 0 Å². The number of nitrogens with zero attached hydrogens (tertiary/aromatic N) is 2. The van der Waals surface area contributed by atoms with Gasteiger partial charge in [0.25, 0.3) is 6.47 Å². The number of carbonyl (C=O) groups excluding carboxylic acids is 1. The van der Waals surface area contributed by atoms with E-state index in [2.05, 4.69) is 89.6 Å². The average Bonchev–Trinajstić information content (AvgIpc) is 3.81. The molecule has 1 aliphatic carbocycles. The van der Waals surface area contributed by atoms with Crippen LogP contribution >= 0.6 is 0 Å². The number of carbonyl (C=O) groups is 1. The Morgan fingerprint density at radius 2 is 1.31 bits per heavy atom. The molecule has 236 valence electrons. The van der Waals surface area contributed by atoms with Crippen LogP contribution in [0.2, 0.25) is 0 Å². The zero-order valence-corrected chi connectivity index (χ0v) is 28.3. The van der Waals surface area contributed by atoms with Crippen LogP contribution in [-0.4, -0.2) is 33.0 Å². The molecule has 3 aromatic heterocycles. The second kappa shape index (κ2) is 12.1. The molecule has 0 fully saturated rings. The third-order valence-electron chi connectivity index (χ3n) is 10.9. The summed E-state index contributed by atoms with van der Waals surface area (Å²) in [5.74, 6) is 0.110. The van der Waals surface area contributed by atoms with Crippen molar-refractivity contribution >= 4 is 45.8 Å². The van der Waals surface area contributed by atoms with E-state index < -0.39 is 0 Å². The topological polar surface area (TPSA) is 83.7 Å². The normalized spacial score (nSPS) is 18.9. The number of H-pyrrole nitrogens is 2. The average molecular weight is 605 g/mol. The lowest BCUT2D eigenvalue weighted by Crippen LogP contribution is -2.30. The van der Waals surface area contributed by atoms with Crippen LogP contribution in [0.3, 0.4) is 0 Å². The van der Waals surface area contributed by atoms with E-state index in [0.717, 1.165) is 89.9 Å². The highest BCUT2D eigenvalue weighted by Gasteiger charge is 2.51. The molecule has 6 rings (SSSR count). The van der Waals surface area contributed by atoms with Crippen LogP contribution in [0, 0.1) is 0 Å². The Hall–Kier alpha value is -3.93. The first kappa shape index (κ1) is 31.1. The van der Waals surface area contributed by atoms with Crippen LogP contribution in [0.15, 0.2) is 23.8 Å². The lowest BCUT2D eigenvalue weighted by molar-refractivity contribution is -0.128. The fourth-order valence-electron chi connectivity index (χ4n) is 8.67. The number of aromatic nitrogens is 4. The van der Waals surface area contributed by atoms with Gasteiger partial charge in [-0.15, -0.1) is 0 Å². The number of aromatic amines is 2. The lowest BCUT2D eigenvalue weighted by Gasteiger charge is -2.32. The van der Waals surface area contributed by atoms with Gasteiger partial charge in [0.1, 0.15) is 6.61 Å². The summed E-state index contributed by atoms with van der Waals surface area (Å²) >= 11 is 0. The number of nitrogens with one attached hydrogen (secondary N) is 2. The van der Waals surface area contributed by atoms with E-state index in [9.17, 15) is 4.79 Å². The molecule has 2 N–H and O–H groups in total. The number of hydrogen-bond acceptors (Lipinski definition) is 4. The van der Waals surface area contributed by atoms with E-state index in [1.165, 1.54) is 44.4 Å². The zero-order chi connectivity index (χ0) is 32.0. The van der Waals surface area contributed by atoms with Gasteiger partial charge in [0, 0.05) is 44.7 Å². The fourth-order valence-corrected chi connectivity index (χ4v) is 8.67. The van der Waals surface area contributed by atoms with Crippen LogP contribution in [0.5, 0.6) is 0 Å². The predicted molar refractivity (Wildman–Crippen MR) is 186 cm³/mol. The quantitative estimate of drug-likeness (QED) is 0.226. The van der Waals surface area contributed by atoms with Crippen LogP contribution in [0.1, 0.15) is 131 Å². The summed E-state index contributed by atoms with van der Waals surface area (Å²) in [7, 11) is 0. The monoisotopic (exact) mass is 604 g/mol. The highest BCUT2D eigenvalue weighted by Crippen LogP contribution is 2.56. The summed E-state index contributed by atoms with van der Waals surface area (Å²) in [5, 5.41) is 0. The van der Waals surface area contributed by atoms with Crippen molar-refractivity contribution in [3.63, 3.8) is 0 Å². The number of ether oxygens (including phenoxy) is 1. The highest BCUT2D eigenvalue weighted by molar-refractivity contribution is 5.96. The van der Waals surface area contributed by atoms with Crippen molar-refractivity contribution in [2.45, 2.75) is 112 Å². The molecule has 2 atom stereocenters. The van der Waals surface area contributed by atoms with Gasteiger partial charge in [-0.3, -0.25) is 9.78 Å². The summed E-state index contributed by atoms with van der Waals surface area (Å²) in [4.78, 5) is 30.0. The minimum atomic E-state index is -0.348. The fraction of sp³-hybridized carbons (Fsp3) is 0.462. The van der Waals surface area contributed by atoms with E-state index in [-0.39, 0.29) is 17.9 Å². The third-order valence-corrected chi connectivity index (χ3v) is 10.9. The lowest BCUT2D eigenvalue weighted by atomic mass is 9.69. The smallest absolute Gasteiger partial charge is 0.293 e. The number of allylic oxidation sites excluding steroid dienone is 2. The molecule has 2 aliphatic heterocycles. The Morgan fingerprint density at radius 3 is 1.82 bits per heavy atom. The maximum atomic E-state index is 11.4. The molecule has 2 unspecified atom stereocenters. The molecule has 0 spiro atoms. The van der Waals surface area contributed by atoms with Gasteiger partial charge in [0.05, 0.1) is 17.1 Å². The van der Waals surface area contributed by atoms with E-state index in [1.807, 2.05) is 0 Å². The molecule has 3 aromatic rings. The van der Waals surface area contributed by atoms with Gasteiger partial charge in [-0.2, -0.15) is 0 Å². The van der Waals surface area contributed by atoms with Gasteiger partial charge in [-0.1, -0.05) is 55.4 Å². The molecule has 5 heterocycles. The van der Waals surface area contributed by atoms with Gasteiger partial charge < -0.3 is 14.7 Å². The SMILES string of the molecule is CCC1=C(CC)c2nc1cc1[nH]c(cc3[nH]c(cc4nc5c2C=C(COC=O)C5(CC)C4C)c(CC)c3CC)c(CC)c1CC. The first-order valence-electron chi connectivity index (χ1n) is 17.1. The predicted octanol–water partition coefficient (Wildman–Crippen LogP) is 9.32. The van der Waals surface area contributed by atoms with Crippen molar-refractivity contribution in [3.05, 3.63) is 74.4 Å². The van der Waals surface area contributed by atoms with Crippen molar-refractivity contribution in [1.29, 1.82) is 0 Å². The maximum absolute atomic E-state index is 11.4. The van der Waals surface area contributed by atoms with Crippen molar-refractivity contribution in [2.24, 2.45) is 0 Å². The van der Waals surface area contributed by atoms with Gasteiger partial charge in [0.15, 0.2) is 0 Å². The highest BCUT2D eigenvalue weighted by atomic mass is 16.5. The Morgan fingerprint density at radius 1 is 0.756 bits per heavy atom. The second-order valence-electron chi connectivity index (χ2n) is 12.6. The van der Waals surface area contributed by atoms with Crippen molar-refractivity contribution in [2.75, 3.05) is 6.61 Å².